The van der Waals surface area contributed by atoms with Crippen LogP contribution in [0, 0.1) is 11.8 Å². The maximum atomic E-state index is 11.2. The van der Waals surface area contributed by atoms with Crippen molar-refractivity contribution < 1.29 is 49.3 Å². The van der Waals surface area contributed by atoms with Gasteiger partial charge < -0.3 is 44.5 Å². The minimum Gasteiger partial charge on any atom is -0.472 e. The predicted molar refractivity (Wildman–Crippen MR) is 91.3 cm³/mol. The molecule has 10 heteroatoms. The zero-order valence-electron chi connectivity index (χ0n) is 15.8. The number of hydrogen-bond acceptors (Lipinski definition) is 10. The summed E-state index contributed by atoms with van der Waals surface area (Å²) in [5.74, 6) is -1.22. The topological polar surface area (TPSA) is 155 Å². The van der Waals surface area contributed by atoms with Crippen molar-refractivity contribution in [2.75, 3.05) is 13.2 Å². The first-order valence-electron chi connectivity index (χ1n) is 9.32. The number of carbonyl (C=O) groups excluding carboxylic acids is 1. The van der Waals surface area contributed by atoms with E-state index in [2.05, 4.69) is 0 Å². The number of aliphatic hydroxyl groups is 5. The Morgan fingerprint density at radius 1 is 1.25 bits per heavy atom. The van der Waals surface area contributed by atoms with Crippen molar-refractivity contribution in [2.45, 2.75) is 69.3 Å². The minimum atomic E-state index is -1.59. The Morgan fingerprint density at radius 2 is 1.96 bits per heavy atom. The largest absolute Gasteiger partial charge is 0.472 e. The molecule has 2 aliphatic heterocycles. The van der Waals surface area contributed by atoms with E-state index in [0.717, 1.165) is 5.57 Å². The maximum absolute atomic E-state index is 11.2. The van der Waals surface area contributed by atoms with Gasteiger partial charge in [0.2, 0.25) is 6.29 Å². The van der Waals surface area contributed by atoms with E-state index in [-0.39, 0.29) is 12.5 Å². The fourth-order valence-electron chi connectivity index (χ4n) is 4.25. The molecule has 9 atom stereocenters. The van der Waals surface area contributed by atoms with Crippen molar-refractivity contribution in [3.8, 4) is 0 Å². The summed E-state index contributed by atoms with van der Waals surface area (Å²) in [6.45, 7) is 2.30. The molecule has 160 valence electrons. The van der Waals surface area contributed by atoms with Gasteiger partial charge in [0.25, 0.3) is 0 Å². The molecule has 0 bridgehead atoms. The molecule has 3 aliphatic rings. The Morgan fingerprint density at radius 3 is 2.61 bits per heavy atom. The fraction of sp³-hybridized carbons (Fsp3) is 0.833. The zero-order valence-corrected chi connectivity index (χ0v) is 15.8. The molecule has 0 radical (unpaired) electrons. The highest BCUT2D eigenvalue weighted by molar-refractivity contribution is 5.66. The van der Waals surface area contributed by atoms with Crippen LogP contribution < -0.4 is 0 Å². The van der Waals surface area contributed by atoms with E-state index in [9.17, 15) is 30.3 Å². The van der Waals surface area contributed by atoms with Crippen LogP contribution in [0.5, 0.6) is 0 Å². The molecule has 0 unspecified atom stereocenters. The molecular weight excluding hydrogens is 376 g/mol. The molecule has 0 aromatic heterocycles. The lowest BCUT2D eigenvalue weighted by Crippen LogP contribution is -2.61. The smallest absolute Gasteiger partial charge is 0.302 e. The Bertz CT molecular complexity index is 607. The summed E-state index contributed by atoms with van der Waals surface area (Å²) in [7, 11) is 0. The lowest BCUT2D eigenvalue weighted by atomic mass is 9.81. The molecule has 0 aromatic carbocycles. The third-order valence-corrected chi connectivity index (χ3v) is 5.85. The van der Waals surface area contributed by atoms with Gasteiger partial charge in [0.15, 0.2) is 6.29 Å². The van der Waals surface area contributed by atoms with E-state index < -0.39 is 61.1 Å². The number of aliphatic hydroxyl groups excluding tert-OH is 4. The van der Waals surface area contributed by atoms with Crippen molar-refractivity contribution >= 4 is 5.97 Å². The van der Waals surface area contributed by atoms with E-state index in [1.807, 2.05) is 6.92 Å². The highest BCUT2D eigenvalue weighted by Gasteiger charge is 2.56. The molecule has 3 rings (SSSR count). The number of fused-ring (bicyclic) bond motifs is 1. The lowest BCUT2D eigenvalue weighted by molar-refractivity contribution is -0.347. The summed E-state index contributed by atoms with van der Waals surface area (Å²) in [5, 5.41) is 50.5. The quantitative estimate of drug-likeness (QED) is 0.338. The van der Waals surface area contributed by atoms with Crippen LogP contribution in [0.1, 0.15) is 26.7 Å². The highest BCUT2D eigenvalue weighted by atomic mass is 16.8. The van der Waals surface area contributed by atoms with Gasteiger partial charge in [-0.15, -0.1) is 0 Å². The van der Waals surface area contributed by atoms with Crippen LogP contribution >= 0.6 is 0 Å². The summed E-state index contributed by atoms with van der Waals surface area (Å²) in [5.41, 5.74) is -0.498. The molecule has 2 fully saturated rings. The van der Waals surface area contributed by atoms with Gasteiger partial charge in [-0.2, -0.15) is 0 Å². The Kier molecular flexibility index (Phi) is 6.30. The number of hydrogen-bond donors (Lipinski definition) is 5. The Labute approximate surface area is 162 Å². The molecule has 28 heavy (non-hydrogen) atoms. The minimum absolute atomic E-state index is 0.0933. The molecule has 0 spiro atoms. The predicted octanol–water partition coefficient (Wildman–Crippen LogP) is -1.62. The first kappa shape index (κ1) is 21.4. The summed E-state index contributed by atoms with van der Waals surface area (Å²) >= 11 is 0. The van der Waals surface area contributed by atoms with Crippen LogP contribution in [0.15, 0.2) is 11.8 Å². The Hall–Kier alpha value is -1.27. The molecule has 0 aromatic rings. The fourth-order valence-corrected chi connectivity index (χ4v) is 4.25. The van der Waals surface area contributed by atoms with Gasteiger partial charge in [0.1, 0.15) is 36.6 Å². The van der Waals surface area contributed by atoms with Crippen molar-refractivity contribution in [3.05, 3.63) is 11.8 Å². The van der Waals surface area contributed by atoms with Crippen molar-refractivity contribution in [2.24, 2.45) is 11.8 Å². The molecule has 1 saturated heterocycles. The first-order chi connectivity index (χ1) is 13.2. The third-order valence-electron chi connectivity index (χ3n) is 5.85. The van der Waals surface area contributed by atoms with Gasteiger partial charge in [0.05, 0.1) is 18.8 Å². The van der Waals surface area contributed by atoms with Gasteiger partial charge in [-0.25, -0.2) is 0 Å². The molecule has 10 nitrogen and oxygen atoms in total. The van der Waals surface area contributed by atoms with Crippen molar-refractivity contribution in [3.63, 3.8) is 0 Å². The van der Waals surface area contributed by atoms with Crippen LogP contribution in [0.3, 0.4) is 0 Å². The van der Waals surface area contributed by atoms with Gasteiger partial charge in [-0.05, 0) is 31.3 Å². The molecule has 5 N–H and O–H groups in total. The summed E-state index contributed by atoms with van der Waals surface area (Å²) < 4.78 is 21.8. The van der Waals surface area contributed by atoms with Crippen LogP contribution in [-0.2, 0) is 23.7 Å². The van der Waals surface area contributed by atoms with Gasteiger partial charge in [0, 0.05) is 6.92 Å². The number of carbonyl (C=O) groups is 1. The number of esters is 1. The normalized spacial score (nSPS) is 45.8. The SMILES string of the molecule is CC(=O)OC[C@@]1(O)CC[C@@H]2C(C)=CO[C@@H](O[C@@H]3O[C@H](CO)[C@@H](O)[C@H](O)[C@H]3O)[C@@H]21. The molecule has 0 amide bonds. The monoisotopic (exact) mass is 404 g/mol. The van der Waals surface area contributed by atoms with Crippen LogP contribution in [0.2, 0.25) is 0 Å². The van der Waals surface area contributed by atoms with E-state index in [0.29, 0.717) is 12.8 Å². The second kappa shape index (κ2) is 8.23. The Balaban J connectivity index is 1.79. The zero-order chi connectivity index (χ0) is 20.6. The molecular formula is C18H28O10. The summed E-state index contributed by atoms with van der Waals surface area (Å²) in [4.78, 5) is 11.2. The average molecular weight is 404 g/mol. The van der Waals surface area contributed by atoms with Gasteiger partial charge in [-0.1, -0.05) is 0 Å². The lowest BCUT2D eigenvalue weighted by Gasteiger charge is -2.44. The molecule has 2 heterocycles. The number of rotatable bonds is 5. The van der Waals surface area contributed by atoms with Crippen molar-refractivity contribution in [1.82, 2.24) is 0 Å². The second-order valence-corrected chi connectivity index (χ2v) is 7.75. The highest BCUT2D eigenvalue weighted by Crippen LogP contribution is 2.49. The van der Waals surface area contributed by atoms with Gasteiger partial charge >= 0.3 is 5.97 Å². The average Bonchev–Trinajstić information content (AvgIpc) is 3.02. The van der Waals surface area contributed by atoms with E-state index in [4.69, 9.17) is 18.9 Å². The standard InChI is InChI=1S/C18H28O10/c1-8-6-25-16(12-10(8)3-4-18(12,24)7-26-9(2)20)28-17-15(23)14(22)13(21)11(5-19)27-17/h6,10-17,19,21-24H,3-5,7H2,1-2H3/t10-,11-,12-,13-,14+,15-,16+,17+,18+/m1/s1. The first-order valence-corrected chi connectivity index (χ1v) is 9.32. The third kappa shape index (κ3) is 3.90. The van der Waals surface area contributed by atoms with Crippen LogP contribution in [0.25, 0.3) is 0 Å². The van der Waals surface area contributed by atoms with Crippen molar-refractivity contribution in [1.29, 1.82) is 0 Å². The summed E-state index contributed by atoms with van der Waals surface area (Å²) in [6.07, 6.45) is -5.76. The second-order valence-electron chi connectivity index (χ2n) is 7.75. The van der Waals surface area contributed by atoms with Gasteiger partial charge in [-0.3, -0.25) is 4.79 Å². The summed E-state index contributed by atoms with van der Waals surface area (Å²) in [6, 6.07) is 0. The maximum Gasteiger partial charge on any atom is 0.302 e. The number of allylic oxidation sites excluding steroid dienone is 1. The number of ether oxygens (including phenoxy) is 4. The van der Waals surface area contributed by atoms with E-state index in [1.165, 1.54) is 13.2 Å². The van der Waals surface area contributed by atoms with E-state index >= 15 is 0 Å². The molecule has 1 saturated carbocycles. The molecule has 1 aliphatic carbocycles. The van der Waals surface area contributed by atoms with Crippen LogP contribution in [-0.4, -0.2) is 87.3 Å². The van der Waals surface area contributed by atoms with E-state index in [1.54, 1.807) is 0 Å². The van der Waals surface area contributed by atoms with Crippen LogP contribution in [0.4, 0.5) is 0 Å².